The van der Waals surface area contributed by atoms with Crippen LogP contribution in [0.3, 0.4) is 0 Å². The Bertz CT molecular complexity index is 461. The zero-order valence-electron chi connectivity index (χ0n) is 9.90. The lowest BCUT2D eigenvalue weighted by Crippen LogP contribution is -2.14. The molecule has 0 bridgehead atoms. The van der Waals surface area contributed by atoms with Crippen LogP contribution in [0.5, 0.6) is 0 Å². The van der Waals surface area contributed by atoms with E-state index in [1.54, 1.807) is 0 Å². The second kappa shape index (κ2) is 5.07. The molecule has 4 heteroatoms. The number of fused-ring (bicyclic) bond motifs is 1. The molecule has 16 heavy (non-hydrogen) atoms. The summed E-state index contributed by atoms with van der Waals surface area (Å²) in [6.45, 7) is 4.12. The number of imidazole rings is 1. The van der Waals surface area contributed by atoms with Crippen LogP contribution < -0.4 is 5.32 Å². The van der Waals surface area contributed by atoms with E-state index in [2.05, 4.69) is 26.8 Å². The average Bonchev–Trinajstić information content (AvgIpc) is 2.66. The van der Waals surface area contributed by atoms with E-state index in [1.165, 1.54) is 0 Å². The monoisotopic (exact) mass is 218 g/mol. The Labute approximate surface area is 95.7 Å². The zero-order valence-corrected chi connectivity index (χ0v) is 9.90. The maximum absolute atomic E-state index is 4.63. The first-order valence-electron chi connectivity index (χ1n) is 5.81. The van der Waals surface area contributed by atoms with Crippen molar-refractivity contribution in [2.24, 2.45) is 0 Å². The Morgan fingerprint density at radius 1 is 1.44 bits per heavy atom. The molecule has 0 aromatic carbocycles. The Kier molecular flexibility index (Phi) is 3.51. The van der Waals surface area contributed by atoms with E-state index in [9.17, 15) is 0 Å². The van der Waals surface area contributed by atoms with Gasteiger partial charge in [-0.05, 0) is 25.6 Å². The molecular formula is C12H18N4. The van der Waals surface area contributed by atoms with Gasteiger partial charge in [-0.2, -0.15) is 0 Å². The molecule has 4 nitrogen and oxygen atoms in total. The molecule has 2 rings (SSSR count). The van der Waals surface area contributed by atoms with Gasteiger partial charge in [0.05, 0.1) is 0 Å². The predicted molar refractivity (Wildman–Crippen MR) is 65.4 cm³/mol. The molecule has 0 unspecified atom stereocenters. The number of aryl methyl sites for hydroxylation is 1. The second-order valence-corrected chi connectivity index (χ2v) is 3.88. The zero-order chi connectivity index (χ0) is 11.4. The van der Waals surface area contributed by atoms with Crippen LogP contribution in [-0.4, -0.2) is 28.1 Å². The van der Waals surface area contributed by atoms with Crippen LogP contribution >= 0.6 is 0 Å². The van der Waals surface area contributed by atoms with Crippen LogP contribution in [0.25, 0.3) is 11.2 Å². The largest absolute Gasteiger partial charge is 0.319 e. The number of hydrogen-bond donors (Lipinski definition) is 1. The van der Waals surface area contributed by atoms with Gasteiger partial charge in [0.1, 0.15) is 11.3 Å². The van der Waals surface area contributed by atoms with E-state index in [-0.39, 0.29) is 0 Å². The molecule has 0 spiro atoms. The summed E-state index contributed by atoms with van der Waals surface area (Å²) in [6, 6.07) is 3.96. The number of rotatable bonds is 5. The lowest BCUT2D eigenvalue weighted by atomic mass is 10.4. The predicted octanol–water partition coefficient (Wildman–Crippen LogP) is 1.60. The molecule has 0 aliphatic heterocycles. The summed E-state index contributed by atoms with van der Waals surface area (Å²) in [5.74, 6) is 1.13. The first-order chi connectivity index (χ1) is 7.86. The third-order valence-corrected chi connectivity index (χ3v) is 2.63. The van der Waals surface area contributed by atoms with E-state index >= 15 is 0 Å². The molecule has 1 N–H and O–H groups in total. The maximum Gasteiger partial charge on any atom is 0.159 e. The summed E-state index contributed by atoms with van der Waals surface area (Å²) in [6.07, 6.45) is 3.89. The SMILES string of the molecule is CCCn1c(CCNC)nc2cccnc21. The molecule has 0 radical (unpaired) electrons. The van der Waals surface area contributed by atoms with Gasteiger partial charge in [-0.25, -0.2) is 9.97 Å². The fourth-order valence-electron chi connectivity index (χ4n) is 1.89. The van der Waals surface area contributed by atoms with Crippen LogP contribution in [0, 0.1) is 0 Å². The molecule has 0 saturated carbocycles. The maximum atomic E-state index is 4.63. The Hall–Kier alpha value is -1.42. The fraction of sp³-hybridized carbons (Fsp3) is 0.500. The summed E-state index contributed by atoms with van der Waals surface area (Å²) in [7, 11) is 1.96. The van der Waals surface area contributed by atoms with Gasteiger partial charge in [0.25, 0.3) is 0 Å². The Balaban J connectivity index is 2.41. The van der Waals surface area contributed by atoms with Crippen molar-refractivity contribution in [1.29, 1.82) is 0 Å². The second-order valence-electron chi connectivity index (χ2n) is 3.88. The standard InChI is InChI=1S/C12H18N4/c1-3-9-16-11(6-8-13-2)15-10-5-4-7-14-12(10)16/h4-5,7,13H,3,6,8-9H2,1-2H3. The molecule has 2 heterocycles. The number of nitrogens with one attached hydrogen (secondary N) is 1. The summed E-state index contributed by atoms with van der Waals surface area (Å²) in [5.41, 5.74) is 2.01. The van der Waals surface area contributed by atoms with Crippen molar-refractivity contribution in [2.75, 3.05) is 13.6 Å². The molecular weight excluding hydrogens is 200 g/mol. The van der Waals surface area contributed by atoms with Crippen LogP contribution in [0.15, 0.2) is 18.3 Å². The molecule has 0 aliphatic carbocycles. The molecule has 0 saturated heterocycles. The first kappa shape index (κ1) is 11.1. The van der Waals surface area contributed by atoms with Crippen molar-refractivity contribution in [1.82, 2.24) is 19.9 Å². The molecule has 0 amide bonds. The van der Waals surface area contributed by atoms with Crippen LogP contribution in [0.1, 0.15) is 19.2 Å². The van der Waals surface area contributed by atoms with Gasteiger partial charge in [0.2, 0.25) is 0 Å². The molecule has 0 atom stereocenters. The molecule has 0 fully saturated rings. The van der Waals surface area contributed by atoms with Gasteiger partial charge in [-0.3, -0.25) is 0 Å². The Morgan fingerprint density at radius 2 is 2.31 bits per heavy atom. The Morgan fingerprint density at radius 3 is 3.06 bits per heavy atom. The molecule has 0 aliphatic rings. The van der Waals surface area contributed by atoms with Gasteiger partial charge in [-0.15, -0.1) is 0 Å². The first-order valence-corrected chi connectivity index (χ1v) is 5.81. The van der Waals surface area contributed by atoms with E-state index < -0.39 is 0 Å². The highest BCUT2D eigenvalue weighted by Gasteiger charge is 2.09. The topological polar surface area (TPSA) is 42.7 Å². The summed E-state index contributed by atoms with van der Waals surface area (Å²) in [5, 5.41) is 3.16. The van der Waals surface area contributed by atoms with E-state index in [1.807, 2.05) is 25.4 Å². The lowest BCUT2D eigenvalue weighted by molar-refractivity contribution is 0.634. The average molecular weight is 218 g/mol. The summed E-state index contributed by atoms with van der Waals surface area (Å²) in [4.78, 5) is 9.04. The van der Waals surface area contributed by atoms with Crippen molar-refractivity contribution in [2.45, 2.75) is 26.3 Å². The smallest absolute Gasteiger partial charge is 0.159 e. The highest BCUT2D eigenvalue weighted by atomic mass is 15.1. The fourth-order valence-corrected chi connectivity index (χ4v) is 1.89. The number of nitrogens with zero attached hydrogens (tertiary/aromatic N) is 3. The van der Waals surface area contributed by atoms with Gasteiger partial charge in [-0.1, -0.05) is 6.92 Å². The summed E-state index contributed by atoms with van der Waals surface area (Å²) >= 11 is 0. The van der Waals surface area contributed by atoms with Crippen molar-refractivity contribution in [3.63, 3.8) is 0 Å². The van der Waals surface area contributed by atoms with E-state index in [0.717, 1.165) is 42.9 Å². The third kappa shape index (κ3) is 2.07. The highest BCUT2D eigenvalue weighted by molar-refractivity contribution is 5.71. The van der Waals surface area contributed by atoms with Gasteiger partial charge in [0.15, 0.2) is 5.65 Å². The number of aromatic nitrogens is 3. The number of pyridine rings is 1. The number of likely N-dealkylation sites (N-methyl/N-ethyl adjacent to an activating group) is 1. The molecule has 86 valence electrons. The molecule has 2 aromatic heterocycles. The number of hydrogen-bond acceptors (Lipinski definition) is 3. The normalized spacial score (nSPS) is 11.1. The van der Waals surface area contributed by atoms with Gasteiger partial charge >= 0.3 is 0 Å². The van der Waals surface area contributed by atoms with Crippen LogP contribution in [0.2, 0.25) is 0 Å². The molecule has 2 aromatic rings. The summed E-state index contributed by atoms with van der Waals surface area (Å²) < 4.78 is 2.23. The minimum absolute atomic E-state index is 0.951. The minimum atomic E-state index is 0.951. The van der Waals surface area contributed by atoms with E-state index in [4.69, 9.17) is 0 Å². The van der Waals surface area contributed by atoms with Gasteiger partial charge < -0.3 is 9.88 Å². The van der Waals surface area contributed by atoms with Crippen molar-refractivity contribution in [3.05, 3.63) is 24.2 Å². The third-order valence-electron chi connectivity index (χ3n) is 2.63. The van der Waals surface area contributed by atoms with Crippen molar-refractivity contribution < 1.29 is 0 Å². The highest BCUT2D eigenvalue weighted by Crippen LogP contribution is 2.14. The van der Waals surface area contributed by atoms with Crippen molar-refractivity contribution in [3.8, 4) is 0 Å². The quantitative estimate of drug-likeness (QED) is 0.829. The van der Waals surface area contributed by atoms with E-state index in [0.29, 0.717) is 0 Å². The van der Waals surface area contributed by atoms with Crippen molar-refractivity contribution >= 4 is 11.2 Å². The van der Waals surface area contributed by atoms with Gasteiger partial charge in [0, 0.05) is 25.7 Å². The lowest BCUT2D eigenvalue weighted by Gasteiger charge is -2.06. The minimum Gasteiger partial charge on any atom is -0.319 e. The van der Waals surface area contributed by atoms with Crippen LogP contribution in [0.4, 0.5) is 0 Å². The van der Waals surface area contributed by atoms with Crippen LogP contribution in [-0.2, 0) is 13.0 Å².